The molecule has 0 aromatic heterocycles. The monoisotopic (exact) mass is 307 g/mol. The van der Waals surface area contributed by atoms with E-state index in [1.54, 1.807) is 11.8 Å². The smallest absolute Gasteiger partial charge is 0.132 e. The second kappa shape index (κ2) is 7.02. The van der Waals surface area contributed by atoms with Crippen molar-refractivity contribution in [3.63, 3.8) is 0 Å². The van der Waals surface area contributed by atoms with Crippen LogP contribution in [0.1, 0.15) is 12.5 Å². The van der Waals surface area contributed by atoms with Gasteiger partial charge >= 0.3 is 0 Å². The van der Waals surface area contributed by atoms with Crippen LogP contribution in [0.2, 0.25) is 5.02 Å². The van der Waals surface area contributed by atoms with Crippen LogP contribution in [-0.2, 0) is 6.42 Å². The highest BCUT2D eigenvalue weighted by Crippen LogP contribution is 2.32. The molecule has 2 aromatic carbocycles. The first-order valence-corrected chi connectivity index (χ1v) is 8.05. The zero-order valence-corrected chi connectivity index (χ0v) is 13.2. The molecule has 4 heteroatoms. The average Bonchev–Trinajstić information content (AvgIpc) is 2.43. The number of rotatable bonds is 5. The number of nitrogens with two attached hydrogens (primary N) is 1. The van der Waals surface area contributed by atoms with Crippen molar-refractivity contribution in [1.82, 2.24) is 0 Å². The van der Waals surface area contributed by atoms with Crippen molar-refractivity contribution in [1.29, 1.82) is 0 Å². The summed E-state index contributed by atoms with van der Waals surface area (Å²) in [7, 11) is 0. The van der Waals surface area contributed by atoms with Crippen molar-refractivity contribution in [2.24, 2.45) is 5.73 Å². The van der Waals surface area contributed by atoms with Gasteiger partial charge in [0.15, 0.2) is 0 Å². The number of ether oxygens (including phenoxy) is 1. The summed E-state index contributed by atoms with van der Waals surface area (Å²) in [6, 6.07) is 13.7. The lowest BCUT2D eigenvalue weighted by Crippen LogP contribution is -2.18. The summed E-state index contributed by atoms with van der Waals surface area (Å²) in [5.74, 6) is 1.57. The van der Waals surface area contributed by atoms with Gasteiger partial charge < -0.3 is 10.5 Å². The van der Waals surface area contributed by atoms with E-state index in [0.29, 0.717) is 11.4 Å². The molecule has 0 spiro atoms. The van der Waals surface area contributed by atoms with Crippen LogP contribution in [0, 0.1) is 0 Å². The molecule has 20 heavy (non-hydrogen) atoms. The van der Waals surface area contributed by atoms with Gasteiger partial charge in [-0.3, -0.25) is 0 Å². The second-order valence-corrected chi connectivity index (χ2v) is 5.96. The van der Waals surface area contributed by atoms with Gasteiger partial charge in [-0.25, -0.2) is 0 Å². The Bertz CT molecular complexity index is 569. The third-order valence-electron chi connectivity index (χ3n) is 2.89. The van der Waals surface area contributed by atoms with E-state index in [0.717, 1.165) is 17.1 Å². The predicted molar refractivity (Wildman–Crippen MR) is 87.1 cm³/mol. The molecule has 0 amide bonds. The van der Waals surface area contributed by atoms with Crippen LogP contribution in [-0.4, -0.2) is 12.3 Å². The van der Waals surface area contributed by atoms with Crippen LogP contribution < -0.4 is 10.5 Å². The summed E-state index contributed by atoms with van der Waals surface area (Å²) in [6.07, 6.45) is 2.74. The normalized spacial score (nSPS) is 12.2. The third-order valence-corrected chi connectivity index (χ3v) is 3.99. The van der Waals surface area contributed by atoms with Crippen molar-refractivity contribution >= 4 is 23.4 Å². The topological polar surface area (TPSA) is 35.2 Å². The van der Waals surface area contributed by atoms with Gasteiger partial charge in [-0.15, -0.1) is 11.8 Å². The summed E-state index contributed by atoms with van der Waals surface area (Å²) in [5, 5.41) is 0.695. The number of benzene rings is 2. The van der Waals surface area contributed by atoms with E-state index in [1.807, 2.05) is 55.6 Å². The average molecular weight is 308 g/mol. The Labute approximate surface area is 129 Å². The molecule has 0 saturated heterocycles. The minimum atomic E-state index is 0.0381. The molecule has 2 aromatic rings. The van der Waals surface area contributed by atoms with Crippen molar-refractivity contribution in [2.45, 2.75) is 24.3 Å². The van der Waals surface area contributed by atoms with E-state index in [4.69, 9.17) is 22.1 Å². The van der Waals surface area contributed by atoms with E-state index in [-0.39, 0.29) is 6.04 Å². The lowest BCUT2D eigenvalue weighted by molar-refractivity contribution is 0.473. The minimum absolute atomic E-state index is 0.0381. The third kappa shape index (κ3) is 3.92. The van der Waals surface area contributed by atoms with Gasteiger partial charge in [0.1, 0.15) is 11.5 Å². The number of thioether (sulfide) groups is 1. The van der Waals surface area contributed by atoms with Gasteiger partial charge in [0.25, 0.3) is 0 Å². The molecule has 0 radical (unpaired) electrons. The fourth-order valence-corrected chi connectivity index (χ4v) is 2.58. The first kappa shape index (κ1) is 15.2. The molecule has 0 aliphatic rings. The Hall–Kier alpha value is -1.16. The van der Waals surface area contributed by atoms with Crippen molar-refractivity contribution in [3.8, 4) is 11.5 Å². The van der Waals surface area contributed by atoms with Crippen LogP contribution in [0.15, 0.2) is 47.4 Å². The fourth-order valence-electron chi connectivity index (χ4n) is 1.93. The van der Waals surface area contributed by atoms with E-state index in [1.165, 1.54) is 4.90 Å². The van der Waals surface area contributed by atoms with E-state index < -0.39 is 0 Å². The van der Waals surface area contributed by atoms with E-state index >= 15 is 0 Å². The molecule has 0 fully saturated rings. The quantitative estimate of drug-likeness (QED) is 0.810. The molecule has 2 N–H and O–H groups in total. The molecule has 0 heterocycles. The van der Waals surface area contributed by atoms with Crippen molar-refractivity contribution in [2.75, 3.05) is 6.26 Å². The largest absolute Gasteiger partial charge is 0.457 e. The summed E-state index contributed by atoms with van der Waals surface area (Å²) in [6.45, 7) is 1.96. The zero-order valence-electron chi connectivity index (χ0n) is 11.6. The van der Waals surface area contributed by atoms with Crippen molar-refractivity contribution < 1.29 is 4.74 Å². The summed E-state index contributed by atoms with van der Waals surface area (Å²) in [4.78, 5) is 1.21. The van der Waals surface area contributed by atoms with Crippen molar-refractivity contribution in [3.05, 3.63) is 53.1 Å². The number of hydrogen-bond acceptors (Lipinski definition) is 3. The molecule has 1 unspecified atom stereocenters. The zero-order chi connectivity index (χ0) is 14.5. The molecule has 0 saturated carbocycles. The molecule has 2 rings (SSSR count). The first-order valence-electron chi connectivity index (χ1n) is 6.45. The van der Waals surface area contributed by atoms with Gasteiger partial charge in [-0.05, 0) is 56.0 Å². The van der Waals surface area contributed by atoms with Gasteiger partial charge in [-0.1, -0.05) is 17.7 Å². The Morgan fingerprint density at radius 1 is 1.20 bits per heavy atom. The maximum absolute atomic E-state index is 6.25. The highest BCUT2D eigenvalue weighted by Gasteiger charge is 2.11. The summed E-state index contributed by atoms with van der Waals surface area (Å²) >= 11 is 7.95. The van der Waals surface area contributed by atoms with Gasteiger partial charge in [0.05, 0.1) is 0 Å². The highest BCUT2D eigenvalue weighted by atomic mass is 35.5. The van der Waals surface area contributed by atoms with E-state index in [9.17, 15) is 0 Å². The molecule has 0 aliphatic heterocycles. The number of halogens is 1. The fraction of sp³-hybridized carbons (Fsp3) is 0.250. The Morgan fingerprint density at radius 3 is 2.50 bits per heavy atom. The van der Waals surface area contributed by atoms with Crippen LogP contribution in [0.5, 0.6) is 11.5 Å². The predicted octanol–water partition coefficient (Wildman–Crippen LogP) is 4.74. The maximum atomic E-state index is 6.25. The SMILES string of the molecule is CSc1ccc(Oc2cccc(Cl)c2CC(C)N)cc1. The van der Waals surface area contributed by atoms with Crippen LogP contribution >= 0.6 is 23.4 Å². The second-order valence-electron chi connectivity index (χ2n) is 4.68. The molecular formula is C16H18ClNOS. The lowest BCUT2D eigenvalue weighted by Gasteiger charge is -2.14. The summed E-state index contributed by atoms with van der Waals surface area (Å²) in [5.41, 5.74) is 6.83. The standard InChI is InChI=1S/C16H18ClNOS/c1-11(18)10-14-15(17)4-3-5-16(14)19-12-6-8-13(20-2)9-7-12/h3-9,11H,10,18H2,1-2H3. The van der Waals surface area contributed by atoms with Crippen LogP contribution in [0.4, 0.5) is 0 Å². The van der Waals surface area contributed by atoms with E-state index in [2.05, 4.69) is 0 Å². The first-order chi connectivity index (χ1) is 9.60. The Kier molecular flexibility index (Phi) is 5.35. The molecule has 0 aliphatic carbocycles. The molecule has 2 nitrogen and oxygen atoms in total. The van der Waals surface area contributed by atoms with Gasteiger partial charge in [0.2, 0.25) is 0 Å². The van der Waals surface area contributed by atoms with Gasteiger partial charge in [0, 0.05) is 21.5 Å². The lowest BCUT2D eigenvalue weighted by atomic mass is 10.1. The number of hydrogen-bond donors (Lipinski definition) is 1. The molecule has 1 atom stereocenters. The van der Waals surface area contributed by atoms with Gasteiger partial charge in [-0.2, -0.15) is 0 Å². The molecule has 0 bridgehead atoms. The minimum Gasteiger partial charge on any atom is -0.457 e. The highest BCUT2D eigenvalue weighted by molar-refractivity contribution is 7.98. The van der Waals surface area contributed by atoms with Crippen LogP contribution in [0.25, 0.3) is 0 Å². The summed E-state index contributed by atoms with van der Waals surface area (Å²) < 4.78 is 5.94. The van der Waals surface area contributed by atoms with Crippen LogP contribution in [0.3, 0.4) is 0 Å². The Balaban J connectivity index is 2.25. The molecule has 106 valence electrons. The molecular weight excluding hydrogens is 290 g/mol. The maximum Gasteiger partial charge on any atom is 0.132 e. The Morgan fingerprint density at radius 2 is 1.90 bits per heavy atom.